The number of nitrogens with zero attached hydrogens (tertiary/aromatic N) is 1. The van der Waals surface area contributed by atoms with Gasteiger partial charge in [0.1, 0.15) is 0 Å². The van der Waals surface area contributed by atoms with Gasteiger partial charge in [0, 0.05) is 5.75 Å². The summed E-state index contributed by atoms with van der Waals surface area (Å²) >= 11 is 5.94. The molecule has 16 heavy (non-hydrogen) atoms. The molecule has 0 aliphatic heterocycles. The molecule has 1 aromatic rings. The van der Waals surface area contributed by atoms with Crippen molar-refractivity contribution >= 4 is 22.4 Å². The SMILES string of the molecule is CC(C)(C#N)CCS(=O)c1ccccc1Cl. The van der Waals surface area contributed by atoms with Crippen molar-refractivity contribution in [2.45, 2.75) is 25.2 Å². The Hall–Kier alpha value is -0.850. The summed E-state index contributed by atoms with van der Waals surface area (Å²) in [5, 5.41) is 9.38. The average Bonchev–Trinajstić information content (AvgIpc) is 2.27. The van der Waals surface area contributed by atoms with E-state index in [4.69, 9.17) is 16.9 Å². The topological polar surface area (TPSA) is 40.9 Å². The first kappa shape index (κ1) is 13.2. The Morgan fingerprint density at radius 3 is 2.62 bits per heavy atom. The minimum atomic E-state index is -1.13. The predicted octanol–water partition coefficient (Wildman–Crippen LogP) is 3.39. The van der Waals surface area contributed by atoms with Crippen LogP contribution in [0.15, 0.2) is 29.2 Å². The zero-order valence-electron chi connectivity index (χ0n) is 9.37. The van der Waals surface area contributed by atoms with Crippen LogP contribution < -0.4 is 0 Å². The highest BCUT2D eigenvalue weighted by Crippen LogP contribution is 2.23. The predicted molar refractivity (Wildman–Crippen MR) is 66.7 cm³/mol. The maximum Gasteiger partial charge on any atom is 0.0684 e. The summed E-state index contributed by atoms with van der Waals surface area (Å²) in [7, 11) is -1.13. The van der Waals surface area contributed by atoms with E-state index in [-0.39, 0.29) is 0 Å². The van der Waals surface area contributed by atoms with Gasteiger partial charge < -0.3 is 0 Å². The number of hydrogen-bond donors (Lipinski definition) is 0. The van der Waals surface area contributed by atoms with Crippen LogP contribution in [-0.2, 0) is 10.8 Å². The molecule has 0 radical (unpaired) electrons. The van der Waals surface area contributed by atoms with Gasteiger partial charge in [-0.2, -0.15) is 5.26 Å². The van der Waals surface area contributed by atoms with Gasteiger partial charge in [-0.15, -0.1) is 0 Å². The molecule has 0 heterocycles. The molecular formula is C12H14ClNOS. The normalized spacial score (nSPS) is 13.1. The van der Waals surface area contributed by atoms with Crippen molar-refractivity contribution < 1.29 is 4.21 Å². The molecule has 1 atom stereocenters. The first-order valence-electron chi connectivity index (χ1n) is 5.00. The van der Waals surface area contributed by atoms with Crippen LogP contribution in [0.4, 0.5) is 0 Å². The van der Waals surface area contributed by atoms with Crippen LogP contribution in [0.2, 0.25) is 5.02 Å². The monoisotopic (exact) mass is 255 g/mol. The lowest BCUT2D eigenvalue weighted by atomic mass is 9.93. The van der Waals surface area contributed by atoms with Crippen LogP contribution in [0.3, 0.4) is 0 Å². The van der Waals surface area contributed by atoms with Gasteiger partial charge in [0.2, 0.25) is 0 Å². The fraction of sp³-hybridized carbons (Fsp3) is 0.417. The van der Waals surface area contributed by atoms with Crippen molar-refractivity contribution in [3.63, 3.8) is 0 Å². The van der Waals surface area contributed by atoms with Crippen LogP contribution in [0.1, 0.15) is 20.3 Å². The molecule has 1 rings (SSSR count). The third-order valence-electron chi connectivity index (χ3n) is 2.30. The molecule has 0 saturated heterocycles. The first-order valence-corrected chi connectivity index (χ1v) is 6.70. The lowest BCUT2D eigenvalue weighted by Gasteiger charge is -2.14. The Labute approximate surface area is 104 Å². The van der Waals surface area contributed by atoms with Gasteiger partial charge in [-0.05, 0) is 32.4 Å². The van der Waals surface area contributed by atoms with Crippen LogP contribution in [0.25, 0.3) is 0 Å². The maximum absolute atomic E-state index is 11.9. The van der Waals surface area contributed by atoms with Gasteiger partial charge in [0.05, 0.1) is 32.2 Å². The average molecular weight is 256 g/mol. The Morgan fingerprint density at radius 1 is 1.44 bits per heavy atom. The van der Waals surface area contributed by atoms with E-state index < -0.39 is 16.2 Å². The van der Waals surface area contributed by atoms with E-state index in [9.17, 15) is 4.21 Å². The molecule has 86 valence electrons. The zero-order chi connectivity index (χ0) is 12.2. The molecule has 1 unspecified atom stereocenters. The number of nitriles is 1. The summed E-state index contributed by atoms with van der Waals surface area (Å²) in [6.07, 6.45) is 0.599. The largest absolute Gasteiger partial charge is 0.254 e. The summed E-state index contributed by atoms with van der Waals surface area (Å²) in [6, 6.07) is 9.31. The van der Waals surface area contributed by atoms with Crippen LogP contribution in [0, 0.1) is 16.7 Å². The van der Waals surface area contributed by atoms with Crippen molar-refractivity contribution in [3.8, 4) is 6.07 Å². The molecule has 0 aliphatic carbocycles. The second kappa shape index (κ2) is 5.47. The molecule has 2 nitrogen and oxygen atoms in total. The number of rotatable bonds is 4. The van der Waals surface area contributed by atoms with Gasteiger partial charge in [-0.1, -0.05) is 23.7 Å². The molecule has 0 aliphatic rings. The molecular weight excluding hydrogens is 242 g/mol. The molecule has 4 heteroatoms. The highest BCUT2D eigenvalue weighted by molar-refractivity contribution is 7.85. The Bertz CT molecular complexity index is 437. The lowest BCUT2D eigenvalue weighted by Crippen LogP contribution is -2.13. The third kappa shape index (κ3) is 3.62. The Kier molecular flexibility index (Phi) is 4.52. The van der Waals surface area contributed by atoms with Crippen LogP contribution in [-0.4, -0.2) is 9.96 Å². The van der Waals surface area contributed by atoms with Crippen LogP contribution >= 0.6 is 11.6 Å². The lowest BCUT2D eigenvalue weighted by molar-refractivity contribution is 0.479. The van der Waals surface area contributed by atoms with Crippen molar-refractivity contribution in [2.24, 2.45) is 5.41 Å². The highest BCUT2D eigenvalue weighted by Gasteiger charge is 2.18. The van der Waals surface area contributed by atoms with E-state index >= 15 is 0 Å². The standard InChI is InChI=1S/C12H14ClNOS/c1-12(2,9-14)7-8-16(15)11-6-4-3-5-10(11)13/h3-6H,7-8H2,1-2H3. The number of hydrogen-bond acceptors (Lipinski definition) is 2. The van der Waals surface area contributed by atoms with Crippen molar-refractivity contribution in [2.75, 3.05) is 5.75 Å². The molecule has 0 spiro atoms. The summed E-state index contributed by atoms with van der Waals surface area (Å²) in [4.78, 5) is 0.651. The fourth-order valence-electron chi connectivity index (χ4n) is 1.14. The molecule has 1 aromatic carbocycles. The van der Waals surface area contributed by atoms with Crippen molar-refractivity contribution in [3.05, 3.63) is 29.3 Å². The summed E-state index contributed by atoms with van der Waals surface area (Å²) in [6.45, 7) is 3.69. The van der Waals surface area contributed by atoms with Gasteiger partial charge in [-0.25, -0.2) is 0 Å². The second-order valence-electron chi connectivity index (χ2n) is 4.23. The minimum Gasteiger partial charge on any atom is -0.254 e. The maximum atomic E-state index is 11.9. The smallest absolute Gasteiger partial charge is 0.0684 e. The van der Waals surface area contributed by atoms with Crippen molar-refractivity contribution in [1.29, 1.82) is 5.26 Å². The van der Waals surface area contributed by atoms with E-state index in [1.165, 1.54) is 0 Å². The first-order chi connectivity index (χ1) is 7.46. The fourth-order valence-corrected chi connectivity index (χ4v) is 2.97. The second-order valence-corrected chi connectivity index (χ2v) is 6.17. The summed E-state index contributed by atoms with van der Waals surface area (Å²) in [5.41, 5.74) is -0.434. The minimum absolute atomic E-state index is 0.434. The van der Waals surface area contributed by atoms with E-state index in [0.29, 0.717) is 22.1 Å². The van der Waals surface area contributed by atoms with E-state index in [2.05, 4.69) is 6.07 Å². The highest BCUT2D eigenvalue weighted by atomic mass is 35.5. The molecule has 0 saturated carbocycles. The molecule has 0 aromatic heterocycles. The summed E-state index contributed by atoms with van der Waals surface area (Å²) < 4.78 is 11.9. The van der Waals surface area contributed by atoms with E-state index in [0.717, 1.165) is 0 Å². The Balaban J connectivity index is 2.68. The number of halogens is 1. The van der Waals surface area contributed by atoms with Crippen LogP contribution in [0.5, 0.6) is 0 Å². The van der Waals surface area contributed by atoms with Gasteiger partial charge in [-0.3, -0.25) is 4.21 Å². The van der Waals surface area contributed by atoms with Gasteiger partial charge in [0.15, 0.2) is 0 Å². The third-order valence-corrected chi connectivity index (χ3v) is 4.16. The van der Waals surface area contributed by atoms with Gasteiger partial charge in [0.25, 0.3) is 0 Å². The Morgan fingerprint density at radius 2 is 2.06 bits per heavy atom. The summed E-state index contributed by atoms with van der Waals surface area (Å²) in [5.74, 6) is 0.463. The molecule has 0 bridgehead atoms. The van der Waals surface area contributed by atoms with E-state index in [1.54, 1.807) is 12.1 Å². The van der Waals surface area contributed by atoms with E-state index in [1.807, 2.05) is 26.0 Å². The molecule has 0 fully saturated rings. The molecule has 0 N–H and O–H groups in total. The van der Waals surface area contributed by atoms with Crippen molar-refractivity contribution in [1.82, 2.24) is 0 Å². The quantitative estimate of drug-likeness (QED) is 0.828. The molecule has 0 amide bonds. The number of benzene rings is 1. The zero-order valence-corrected chi connectivity index (χ0v) is 10.9. The van der Waals surface area contributed by atoms with Gasteiger partial charge >= 0.3 is 0 Å².